The molecule has 0 spiro atoms. The van der Waals surface area contributed by atoms with Gasteiger partial charge in [0.25, 0.3) is 5.91 Å². The van der Waals surface area contributed by atoms with E-state index in [2.05, 4.69) is 11.2 Å². The first-order valence-electron chi connectivity index (χ1n) is 5.72. The molecule has 1 aromatic rings. The van der Waals surface area contributed by atoms with Crippen molar-refractivity contribution in [3.63, 3.8) is 0 Å². The number of hydrogen-bond donors (Lipinski definition) is 2. The summed E-state index contributed by atoms with van der Waals surface area (Å²) in [5.74, 6) is 1.15. The van der Waals surface area contributed by atoms with Crippen LogP contribution in [0.25, 0.3) is 0 Å². The summed E-state index contributed by atoms with van der Waals surface area (Å²) >= 11 is 0. The van der Waals surface area contributed by atoms with Crippen molar-refractivity contribution in [2.24, 2.45) is 0 Å². The van der Waals surface area contributed by atoms with Crippen molar-refractivity contribution in [1.29, 1.82) is 0 Å². The van der Waals surface area contributed by atoms with E-state index in [0.29, 0.717) is 12.1 Å². The number of aliphatic carboxylic acids is 1. The Morgan fingerprint density at radius 2 is 2.33 bits per heavy atom. The van der Waals surface area contributed by atoms with Crippen molar-refractivity contribution in [1.82, 2.24) is 9.88 Å². The lowest BCUT2D eigenvalue weighted by molar-refractivity contribution is -0.137. The lowest BCUT2D eigenvalue weighted by atomic mass is 10.2. The lowest BCUT2D eigenvalue weighted by Gasteiger charge is -2.13. The van der Waals surface area contributed by atoms with Crippen LogP contribution in [0.3, 0.4) is 0 Å². The van der Waals surface area contributed by atoms with Crippen LogP contribution in [0.4, 0.5) is 0 Å². The zero-order valence-corrected chi connectivity index (χ0v) is 10.2. The van der Waals surface area contributed by atoms with E-state index < -0.39 is 5.97 Å². The Morgan fingerprint density at radius 3 is 2.89 bits per heavy atom. The number of rotatable bonds is 6. The second-order valence-corrected chi connectivity index (χ2v) is 3.90. The van der Waals surface area contributed by atoms with Crippen LogP contribution in [0.2, 0.25) is 0 Å². The molecule has 1 heterocycles. The third kappa shape index (κ3) is 3.67. The smallest absolute Gasteiger partial charge is 0.323 e. The second-order valence-electron chi connectivity index (χ2n) is 3.90. The zero-order valence-electron chi connectivity index (χ0n) is 10.2. The zero-order chi connectivity index (χ0) is 13.5. The van der Waals surface area contributed by atoms with Crippen molar-refractivity contribution >= 4 is 11.9 Å². The minimum absolute atomic E-state index is 0.246. The maximum absolute atomic E-state index is 11.9. The third-order valence-electron chi connectivity index (χ3n) is 2.45. The van der Waals surface area contributed by atoms with Gasteiger partial charge in [0.15, 0.2) is 0 Å². The standard InChI is InChI=1S/C13H16N2O3/c1-3-6-10(4-2)14-13(18)11-7-5-8-15(11)9-12(16)17/h2,5,7-8,10H,3,6,9H2,1H3,(H,14,18)(H,16,17). The van der Waals surface area contributed by atoms with E-state index in [-0.39, 0.29) is 18.5 Å². The fourth-order valence-electron chi connectivity index (χ4n) is 1.62. The molecule has 5 heteroatoms. The van der Waals surface area contributed by atoms with E-state index in [4.69, 9.17) is 11.5 Å². The number of carbonyl (C=O) groups excluding carboxylic acids is 1. The molecule has 1 unspecified atom stereocenters. The Labute approximate surface area is 106 Å². The molecule has 0 saturated carbocycles. The minimum Gasteiger partial charge on any atom is -0.480 e. The van der Waals surface area contributed by atoms with E-state index in [0.717, 1.165) is 6.42 Å². The first-order chi connectivity index (χ1) is 8.58. The average Bonchev–Trinajstić information content (AvgIpc) is 2.75. The number of carbonyl (C=O) groups is 2. The summed E-state index contributed by atoms with van der Waals surface area (Å²) in [4.78, 5) is 22.6. The molecule has 0 bridgehead atoms. The summed E-state index contributed by atoms with van der Waals surface area (Å²) in [6.45, 7) is 1.73. The summed E-state index contributed by atoms with van der Waals surface area (Å²) in [5.41, 5.74) is 0.300. The van der Waals surface area contributed by atoms with Crippen LogP contribution < -0.4 is 5.32 Å². The maximum Gasteiger partial charge on any atom is 0.323 e. The summed E-state index contributed by atoms with van der Waals surface area (Å²) in [7, 11) is 0. The molecule has 1 rings (SSSR count). The van der Waals surface area contributed by atoms with Gasteiger partial charge in [-0.1, -0.05) is 19.3 Å². The van der Waals surface area contributed by atoms with Gasteiger partial charge in [-0.05, 0) is 18.6 Å². The van der Waals surface area contributed by atoms with Gasteiger partial charge in [-0.2, -0.15) is 0 Å². The summed E-state index contributed by atoms with van der Waals surface area (Å²) in [6, 6.07) is 2.87. The fourth-order valence-corrected chi connectivity index (χ4v) is 1.62. The van der Waals surface area contributed by atoms with Crippen molar-refractivity contribution in [2.75, 3.05) is 0 Å². The SMILES string of the molecule is C#CC(CCC)NC(=O)c1cccn1CC(=O)O. The molecule has 18 heavy (non-hydrogen) atoms. The molecule has 0 aliphatic heterocycles. The minimum atomic E-state index is -0.998. The second kappa shape index (κ2) is 6.50. The molecule has 0 radical (unpaired) electrons. The Balaban J connectivity index is 2.75. The van der Waals surface area contributed by atoms with Crippen LogP contribution in [0.5, 0.6) is 0 Å². The highest BCUT2D eigenvalue weighted by molar-refractivity contribution is 5.93. The van der Waals surface area contributed by atoms with Crippen LogP contribution in [0, 0.1) is 12.3 Å². The molecule has 1 atom stereocenters. The van der Waals surface area contributed by atoms with E-state index in [9.17, 15) is 9.59 Å². The number of carboxylic acid groups (broad SMARTS) is 1. The number of aromatic nitrogens is 1. The van der Waals surface area contributed by atoms with Crippen molar-refractivity contribution in [2.45, 2.75) is 32.4 Å². The van der Waals surface area contributed by atoms with Gasteiger partial charge in [-0.15, -0.1) is 6.42 Å². The molecule has 0 aliphatic carbocycles. The topological polar surface area (TPSA) is 71.3 Å². The van der Waals surface area contributed by atoms with Gasteiger partial charge in [0.1, 0.15) is 12.2 Å². The van der Waals surface area contributed by atoms with E-state index in [1.54, 1.807) is 18.3 Å². The van der Waals surface area contributed by atoms with Crippen LogP contribution in [-0.4, -0.2) is 27.6 Å². The molecule has 96 valence electrons. The van der Waals surface area contributed by atoms with Gasteiger partial charge in [-0.3, -0.25) is 9.59 Å². The number of hydrogen-bond acceptors (Lipinski definition) is 2. The molecule has 2 N–H and O–H groups in total. The Bertz CT molecular complexity index is 471. The lowest BCUT2D eigenvalue weighted by Crippen LogP contribution is -2.35. The number of terminal acetylenes is 1. The van der Waals surface area contributed by atoms with Crippen molar-refractivity contribution in [3.8, 4) is 12.3 Å². The Kier molecular flexibility index (Phi) is 5.00. The average molecular weight is 248 g/mol. The number of nitrogens with zero attached hydrogens (tertiary/aromatic N) is 1. The Morgan fingerprint density at radius 1 is 1.61 bits per heavy atom. The predicted molar refractivity (Wildman–Crippen MR) is 67.1 cm³/mol. The van der Waals surface area contributed by atoms with Gasteiger partial charge < -0.3 is 15.0 Å². The van der Waals surface area contributed by atoms with E-state index in [1.807, 2.05) is 6.92 Å². The van der Waals surface area contributed by atoms with Crippen LogP contribution in [0.1, 0.15) is 30.3 Å². The van der Waals surface area contributed by atoms with E-state index >= 15 is 0 Å². The highest BCUT2D eigenvalue weighted by Crippen LogP contribution is 2.04. The van der Waals surface area contributed by atoms with Gasteiger partial charge in [0.05, 0.1) is 6.04 Å². The van der Waals surface area contributed by atoms with Gasteiger partial charge in [0.2, 0.25) is 0 Å². The first kappa shape index (κ1) is 13.8. The highest BCUT2D eigenvalue weighted by atomic mass is 16.4. The molecule has 0 aliphatic rings. The maximum atomic E-state index is 11.9. The molecular formula is C13H16N2O3. The normalized spacial score (nSPS) is 11.6. The molecule has 5 nitrogen and oxygen atoms in total. The molecule has 1 aromatic heterocycles. The predicted octanol–water partition coefficient (Wildman–Crippen LogP) is 1.10. The molecule has 0 fully saturated rings. The summed E-state index contributed by atoms with van der Waals surface area (Å²) in [6.07, 6.45) is 8.43. The first-order valence-corrected chi connectivity index (χ1v) is 5.72. The van der Waals surface area contributed by atoms with Gasteiger partial charge >= 0.3 is 5.97 Å². The van der Waals surface area contributed by atoms with Crippen LogP contribution in [-0.2, 0) is 11.3 Å². The summed E-state index contributed by atoms with van der Waals surface area (Å²) in [5, 5.41) is 11.4. The third-order valence-corrected chi connectivity index (χ3v) is 2.45. The van der Waals surface area contributed by atoms with Gasteiger partial charge in [0, 0.05) is 6.20 Å². The van der Waals surface area contributed by atoms with Crippen molar-refractivity contribution < 1.29 is 14.7 Å². The highest BCUT2D eigenvalue weighted by Gasteiger charge is 2.15. The molecule has 0 saturated heterocycles. The fraction of sp³-hybridized carbons (Fsp3) is 0.385. The quantitative estimate of drug-likeness (QED) is 0.741. The number of nitrogens with one attached hydrogen (secondary N) is 1. The van der Waals surface area contributed by atoms with Crippen LogP contribution in [0.15, 0.2) is 18.3 Å². The monoisotopic (exact) mass is 248 g/mol. The Hall–Kier alpha value is -2.22. The molecule has 0 aromatic carbocycles. The summed E-state index contributed by atoms with van der Waals surface area (Å²) < 4.78 is 1.37. The van der Waals surface area contributed by atoms with Crippen molar-refractivity contribution in [3.05, 3.63) is 24.0 Å². The number of carboxylic acids is 1. The van der Waals surface area contributed by atoms with E-state index in [1.165, 1.54) is 4.57 Å². The largest absolute Gasteiger partial charge is 0.480 e. The van der Waals surface area contributed by atoms with Gasteiger partial charge in [-0.25, -0.2) is 0 Å². The molecular weight excluding hydrogens is 232 g/mol. The molecule has 1 amide bonds. The van der Waals surface area contributed by atoms with Crippen LogP contribution >= 0.6 is 0 Å². The number of amides is 1.